The fraction of sp³-hybridized carbons (Fsp3) is 0.353. The molecule has 2 aliphatic heterocycles. The quantitative estimate of drug-likeness (QED) is 0.361. The first kappa shape index (κ1) is 21.4. The summed E-state index contributed by atoms with van der Waals surface area (Å²) in [4.78, 5) is 29.0. The van der Waals surface area contributed by atoms with Crippen LogP contribution < -0.4 is 4.90 Å². The number of nitrogens with zero attached hydrogens (tertiary/aromatic N) is 2. The number of anilines is 1. The van der Waals surface area contributed by atoms with Crippen LogP contribution in [0, 0.1) is 0 Å². The predicted octanol–water partition coefficient (Wildman–Crippen LogP) is 3.06. The minimum absolute atomic E-state index is 0.160. The van der Waals surface area contributed by atoms with Crippen LogP contribution in [0.25, 0.3) is 5.57 Å². The highest BCUT2D eigenvalue weighted by Gasteiger charge is 2.42. The van der Waals surface area contributed by atoms with Crippen molar-refractivity contribution in [2.24, 2.45) is 0 Å². The summed E-state index contributed by atoms with van der Waals surface area (Å²) < 4.78 is 31.9. The molecule has 2 heterocycles. The number of hydrogen-bond donors (Lipinski definition) is 1. The third-order valence-corrected chi connectivity index (χ3v) is 7.00. The number of unbranched alkanes of at least 4 members (excludes halogenated alkanes) is 1. The summed E-state index contributed by atoms with van der Waals surface area (Å²) in [6.07, 6.45) is 1.74. The molecule has 1 aromatic carbocycles. The van der Waals surface area contributed by atoms with Crippen molar-refractivity contribution >= 4 is 77.4 Å². The van der Waals surface area contributed by atoms with Crippen LogP contribution >= 0.6 is 39.9 Å². The van der Waals surface area contributed by atoms with E-state index in [1.54, 1.807) is 11.0 Å². The largest absolute Gasteiger partial charge is 0.308 e. The summed E-state index contributed by atoms with van der Waals surface area (Å²) in [5.74, 6) is -1.41. The number of rotatable bonds is 6. The fourth-order valence-electron chi connectivity index (χ4n) is 3.01. The van der Waals surface area contributed by atoms with Crippen LogP contribution in [0.1, 0.15) is 25.3 Å². The second-order valence-electron chi connectivity index (χ2n) is 6.29. The van der Waals surface area contributed by atoms with E-state index in [0.717, 1.165) is 39.7 Å². The van der Waals surface area contributed by atoms with Crippen molar-refractivity contribution in [1.29, 1.82) is 0 Å². The number of fused-ring (bicyclic) bond motifs is 1. The molecule has 0 radical (unpaired) electrons. The summed E-state index contributed by atoms with van der Waals surface area (Å²) in [5, 5.41) is 0. The molecule has 1 N–H and O–H groups in total. The lowest BCUT2D eigenvalue weighted by Gasteiger charge is -2.16. The zero-order valence-electron chi connectivity index (χ0n) is 14.8. The summed E-state index contributed by atoms with van der Waals surface area (Å²) in [6, 6.07) is 5.46. The van der Waals surface area contributed by atoms with Crippen molar-refractivity contribution < 1.29 is 22.6 Å². The highest BCUT2D eigenvalue weighted by atomic mass is 79.9. The van der Waals surface area contributed by atoms with Crippen LogP contribution in [0.3, 0.4) is 0 Å². The molecule has 2 aliphatic rings. The molecule has 0 spiro atoms. The number of thiocarbonyl (C=S) groups is 1. The number of benzene rings is 1. The Balaban J connectivity index is 2.03. The molecule has 150 valence electrons. The molecule has 2 amide bonds. The molecule has 0 saturated carbocycles. The molecule has 7 nitrogen and oxygen atoms in total. The van der Waals surface area contributed by atoms with Gasteiger partial charge in [-0.15, -0.1) is 0 Å². The highest BCUT2D eigenvalue weighted by molar-refractivity contribution is 9.10. The van der Waals surface area contributed by atoms with Crippen molar-refractivity contribution in [3.8, 4) is 0 Å². The Morgan fingerprint density at radius 3 is 2.54 bits per heavy atom. The van der Waals surface area contributed by atoms with Crippen LogP contribution in [-0.2, 0) is 19.7 Å². The van der Waals surface area contributed by atoms with E-state index in [2.05, 4.69) is 15.9 Å². The van der Waals surface area contributed by atoms with E-state index in [1.807, 2.05) is 19.1 Å². The molecule has 28 heavy (non-hydrogen) atoms. The zero-order chi connectivity index (χ0) is 20.6. The topological polar surface area (TPSA) is 95.0 Å². The van der Waals surface area contributed by atoms with Crippen LogP contribution in [0.5, 0.6) is 0 Å². The number of amides is 2. The second kappa shape index (κ2) is 8.23. The molecule has 1 saturated heterocycles. The van der Waals surface area contributed by atoms with Gasteiger partial charge in [0.1, 0.15) is 4.32 Å². The first-order valence-corrected chi connectivity index (χ1v) is 12.1. The summed E-state index contributed by atoms with van der Waals surface area (Å²) in [7, 11) is -4.24. The maximum Gasteiger partial charge on any atom is 0.267 e. The van der Waals surface area contributed by atoms with Crippen molar-refractivity contribution in [2.75, 3.05) is 23.7 Å². The van der Waals surface area contributed by atoms with Crippen LogP contribution in [0.15, 0.2) is 27.6 Å². The van der Waals surface area contributed by atoms with Crippen molar-refractivity contribution in [1.82, 2.24) is 4.90 Å². The van der Waals surface area contributed by atoms with Crippen LogP contribution in [0.2, 0.25) is 0 Å². The Morgan fingerprint density at radius 2 is 1.89 bits per heavy atom. The molecule has 0 unspecified atom stereocenters. The molecule has 11 heteroatoms. The average molecular weight is 505 g/mol. The van der Waals surface area contributed by atoms with E-state index >= 15 is 0 Å². The van der Waals surface area contributed by atoms with Gasteiger partial charge in [0, 0.05) is 23.1 Å². The highest BCUT2D eigenvalue weighted by Crippen LogP contribution is 2.45. The maximum absolute atomic E-state index is 13.1. The summed E-state index contributed by atoms with van der Waals surface area (Å²) in [5.41, 5.74) is 1.66. The minimum atomic E-state index is -4.24. The molecular formula is C17H17BrN2O5S3. The smallest absolute Gasteiger partial charge is 0.267 e. The number of carbonyl (C=O) groups excluding carboxylic acids is 2. The Morgan fingerprint density at radius 1 is 1.18 bits per heavy atom. The molecule has 1 fully saturated rings. The zero-order valence-corrected chi connectivity index (χ0v) is 18.9. The van der Waals surface area contributed by atoms with Crippen molar-refractivity contribution in [3.63, 3.8) is 0 Å². The van der Waals surface area contributed by atoms with E-state index in [4.69, 9.17) is 16.8 Å². The Kier molecular flexibility index (Phi) is 6.30. The van der Waals surface area contributed by atoms with Gasteiger partial charge in [-0.1, -0.05) is 53.3 Å². The van der Waals surface area contributed by atoms with Gasteiger partial charge in [-0.2, -0.15) is 8.42 Å². The predicted molar refractivity (Wildman–Crippen MR) is 117 cm³/mol. The molecule has 0 atom stereocenters. The Bertz CT molecular complexity index is 1010. The van der Waals surface area contributed by atoms with Gasteiger partial charge < -0.3 is 4.90 Å². The van der Waals surface area contributed by atoms with Gasteiger partial charge in [0.25, 0.3) is 21.9 Å². The third-order valence-electron chi connectivity index (χ3n) is 4.36. The second-order valence-corrected chi connectivity index (χ2v) is 10.4. The van der Waals surface area contributed by atoms with Gasteiger partial charge in [-0.05, 0) is 24.6 Å². The van der Waals surface area contributed by atoms with Gasteiger partial charge >= 0.3 is 0 Å². The van der Waals surface area contributed by atoms with E-state index in [9.17, 15) is 18.0 Å². The van der Waals surface area contributed by atoms with Gasteiger partial charge in [0.05, 0.1) is 21.9 Å². The Labute approximate surface area is 181 Å². The average Bonchev–Trinajstić information content (AvgIpc) is 3.03. The third kappa shape index (κ3) is 4.18. The molecule has 1 aromatic rings. The van der Waals surface area contributed by atoms with E-state index < -0.39 is 21.8 Å². The summed E-state index contributed by atoms with van der Waals surface area (Å²) >= 11 is 9.59. The van der Waals surface area contributed by atoms with Gasteiger partial charge in [0.2, 0.25) is 0 Å². The number of halogens is 1. The van der Waals surface area contributed by atoms with E-state index in [1.165, 1.54) is 0 Å². The van der Waals surface area contributed by atoms with Crippen molar-refractivity contribution in [3.05, 3.63) is 33.1 Å². The van der Waals surface area contributed by atoms with E-state index in [0.29, 0.717) is 12.1 Å². The molecule has 3 rings (SSSR count). The SMILES string of the molecule is CCCCN1C(=O)/C(=C2/SC(=S)N(CCS(=O)(=O)O)C2=O)c2cc(Br)ccc21. The molecular weight excluding hydrogens is 488 g/mol. The lowest BCUT2D eigenvalue weighted by molar-refractivity contribution is -0.122. The van der Waals surface area contributed by atoms with E-state index in [-0.39, 0.29) is 27.3 Å². The first-order valence-electron chi connectivity index (χ1n) is 8.49. The maximum atomic E-state index is 13.1. The first-order chi connectivity index (χ1) is 13.1. The molecule has 0 bridgehead atoms. The van der Waals surface area contributed by atoms with Crippen molar-refractivity contribution in [2.45, 2.75) is 19.8 Å². The summed E-state index contributed by atoms with van der Waals surface area (Å²) in [6.45, 7) is 2.31. The van der Waals surface area contributed by atoms with Gasteiger partial charge in [0.15, 0.2) is 0 Å². The lowest BCUT2D eigenvalue weighted by atomic mass is 10.1. The molecule has 0 aliphatic carbocycles. The fourth-order valence-corrected chi connectivity index (χ4v) is 5.16. The molecule has 0 aromatic heterocycles. The normalized spacial score (nSPS) is 19.8. The van der Waals surface area contributed by atoms with Crippen LogP contribution in [-0.4, -0.2) is 52.8 Å². The monoisotopic (exact) mass is 504 g/mol. The number of hydrogen-bond acceptors (Lipinski definition) is 6. The van der Waals surface area contributed by atoms with Gasteiger partial charge in [-0.25, -0.2) is 0 Å². The standard InChI is InChI=1S/C17H17BrN2O5S3/c1-2-3-6-19-12-5-4-10(18)9-11(12)13(15(19)21)14-16(22)20(17(26)27-14)7-8-28(23,24)25/h4-5,9H,2-3,6-8H2,1H3,(H,23,24,25)/b14-13+. The Hall–Kier alpha value is -1.27. The number of thioether (sulfide) groups is 1. The van der Waals surface area contributed by atoms with Crippen LogP contribution in [0.4, 0.5) is 5.69 Å². The lowest BCUT2D eigenvalue weighted by Crippen LogP contribution is -2.33. The number of carbonyl (C=O) groups is 2. The van der Waals surface area contributed by atoms with Gasteiger partial charge in [-0.3, -0.25) is 19.0 Å². The minimum Gasteiger partial charge on any atom is -0.308 e.